The van der Waals surface area contributed by atoms with E-state index < -0.39 is 0 Å². The molecule has 0 aliphatic rings. The highest BCUT2D eigenvalue weighted by Crippen LogP contribution is 2.24. The van der Waals surface area contributed by atoms with Gasteiger partial charge in [0.25, 0.3) is 0 Å². The fraction of sp³-hybridized carbons (Fsp3) is 0. The number of benzene rings is 3. The summed E-state index contributed by atoms with van der Waals surface area (Å²) in [5.74, 6) is -0.651. The van der Waals surface area contributed by atoms with Crippen molar-refractivity contribution in [3.8, 4) is 16.9 Å². The number of halogens is 1. The molecule has 0 aliphatic carbocycles. The third-order valence-corrected chi connectivity index (χ3v) is 4.34. The first-order chi connectivity index (χ1) is 14.2. The highest BCUT2D eigenvalue weighted by Gasteiger charge is 2.10. The molecule has 0 atom stereocenters. The van der Waals surface area contributed by atoms with E-state index in [-0.39, 0.29) is 11.7 Å². The van der Waals surface area contributed by atoms with Crippen LogP contribution in [0.5, 0.6) is 0 Å². The molecule has 3 aromatic carbocycles. The number of hydrogen-bond acceptors (Lipinski definition) is 2. The maximum Gasteiger partial charge on any atom is 0.248 e. The molecule has 4 nitrogen and oxygen atoms in total. The molecule has 0 unspecified atom stereocenters. The third-order valence-electron chi connectivity index (χ3n) is 4.34. The van der Waals surface area contributed by atoms with Gasteiger partial charge in [0.15, 0.2) is 0 Å². The van der Waals surface area contributed by atoms with Crippen LogP contribution in [0.1, 0.15) is 5.56 Å². The van der Waals surface area contributed by atoms with E-state index in [4.69, 9.17) is 5.10 Å². The van der Waals surface area contributed by atoms with Crippen molar-refractivity contribution < 1.29 is 9.18 Å². The van der Waals surface area contributed by atoms with Gasteiger partial charge in [-0.25, -0.2) is 9.07 Å². The van der Waals surface area contributed by atoms with Crippen molar-refractivity contribution in [2.24, 2.45) is 0 Å². The second-order valence-corrected chi connectivity index (χ2v) is 6.41. The normalized spacial score (nSPS) is 10.9. The molecule has 4 aromatic rings. The van der Waals surface area contributed by atoms with Crippen molar-refractivity contribution in [3.63, 3.8) is 0 Å². The van der Waals surface area contributed by atoms with E-state index in [1.54, 1.807) is 10.8 Å². The van der Waals surface area contributed by atoms with Crippen LogP contribution >= 0.6 is 0 Å². The second kappa shape index (κ2) is 8.35. The zero-order valence-electron chi connectivity index (χ0n) is 15.5. The third kappa shape index (κ3) is 4.47. The molecule has 0 aliphatic heterocycles. The number of carbonyl (C=O) groups excluding carboxylic acids is 1. The van der Waals surface area contributed by atoms with E-state index in [1.165, 1.54) is 30.3 Å². The Balaban J connectivity index is 1.63. The first-order valence-electron chi connectivity index (χ1n) is 9.14. The van der Waals surface area contributed by atoms with E-state index in [0.29, 0.717) is 5.69 Å². The molecular formula is C24H18FN3O. The minimum atomic E-state index is -0.348. The summed E-state index contributed by atoms with van der Waals surface area (Å²) in [6, 6.07) is 25.2. The Hall–Kier alpha value is -3.99. The van der Waals surface area contributed by atoms with Crippen LogP contribution in [0.4, 0.5) is 10.1 Å². The lowest BCUT2D eigenvalue weighted by Gasteiger charge is -2.01. The number of hydrogen-bond donors (Lipinski definition) is 1. The van der Waals surface area contributed by atoms with E-state index in [0.717, 1.165) is 22.5 Å². The van der Waals surface area contributed by atoms with Crippen LogP contribution < -0.4 is 5.32 Å². The predicted molar refractivity (Wildman–Crippen MR) is 113 cm³/mol. The van der Waals surface area contributed by atoms with Crippen LogP contribution in [-0.4, -0.2) is 15.7 Å². The molecule has 0 fully saturated rings. The minimum Gasteiger partial charge on any atom is -0.323 e. The van der Waals surface area contributed by atoms with E-state index in [1.807, 2.05) is 66.9 Å². The molecule has 142 valence electrons. The summed E-state index contributed by atoms with van der Waals surface area (Å²) in [5, 5.41) is 7.43. The lowest BCUT2D eigenvalue weighted by molar-refractivity contribution is -0.111. The van der Waals surface area contributed by atoms with Crippen LogP contribution in [0.2, 0.25) is 0 Å². The summed E-state index contributed by atoms with van der Waals surface area (Å²) in [5.41, 5.74) is 4.01. The quantitative estimate of drug-likeness (QED) is 0.474. The van der Waals surface area contributed by atoms with Gasteiger partial charge in [-0.15, -0.1) is 0 Å². The molecule has 29 heavy (non-hydrogen) atoms. The first kappa shape index (κ1) is 18.4. The average molecular weight is 383 g/mol. The monoisotopic (exact) mass is 383 g/mol. The van der Waals surface area contributed by atoms with Crippen molar-refractivity contribution >= 4 is 17.7 Å². The second-order valence-electron chi connectivity index (χ2n) is 6.41. The molecule has 5 heteroatoms. The standard InChI is InChI=1S/C24H18FN3O/c25-20-12-14-21(15-13-20)26-23(29)16-11-19-17-28(22-9-5-2-6-10-22)27-24(19)18-7-3-1-4-8-18/h1-17H,(H,26,29)/b16-11+. The topological polar surface area (TPSA) is 46.9 Å². The molecule has 1 aromatic heterocycles. The number of para-hydroxylation sites is 1. The number of rotatable bonds is 5. The van der Waals surface area contributed by atoms with Crippen LogP contribution in [0, 0.1) is 5.82 Å². The molecule has 4 rings (SSSR count). The lowest BCUT2D eigenvalue weighted by Crippen LogP contribution is -2.07. The fourth-order valence-electron chi connectivity index (χ4n) is 2.93. The van der Waals surface area contributed by atoms with Gasteiger partial charge in [0.05, 0.1) is 11.4 Å². The molecule has 0 spiro atoms. The van der Waals surface area contributed by atoms with E-state index >= 15 is 0 Å². The number of aromatic nitrogens is 2. The van der Waals surface area contributed by atoms with Crippen LogP contribution in [0.3, 0.4) is 0 Å². The zero-order valence-corrected chi connectivity index (χ0v) is 15.5. The smallest absolute Gasteiger partial charge is 0.248 e. The first-order valence-corrected chi connectivity index (χ1v) is 9.14. The van der Waals surface area contributed by atoms with E-state index in [9.17, 15) is 9.18 Å². The number of amides is 1. The maximum absolute atomic E-state index is 13.0. The van der Waals surface area contributed by atoms with Gasteiger partial charge < -0.3 is 5.32 Å². The van der Waals surface area contributed by atoms with Gasteiger partial charge >= 0.3 is 0 Å². The number of nitrogens with one attached hydrogen (secondary N) is 1. The molecule has 0 bridgehead atoms. The van der Waals surface area contributed by atoms with Crippen LogP contribution in [0.25, 0.3) is 23.0 Å². The molecule has 0 saturated heterocycles. The summed E-state index contributed by atoms with van der Waals surface area (Å²) in [6.07, 6.45) is 5.06. The maximum atomic E-state index is 13.0. The fourth-order valence-corrected chi connectivity index (χ4v) is 2.93. The van der Waals surface area contributed by atoms with Crippen LogP contribution in [-0.2, 0) is 4.79 Å². The van der Waals surface area contributed by atoms with Crippen molar-refractivity contribution in [1.82, 2.24) is 9.78 Å². The molecule has 0 radical (unpaired) electrons. The van der Waals surface area contributed by atoms with Gasteiger partial charge in [0.1, 0.15) is 5.82 Å². The number of anilines is 1. The highest BCUT2D eigenvalue weighted by atomic mass is 19.1. The van der Waals surface area contributed by atoms with Gasteiger partial charge in [-0.1, -0.05) is 48.5 Å². The summed E-state index contributed by atoms with van der Waals surface area (Å²) < 4.78 is 14.8. The molecule has 1 amide bonds. The summed E-state index contributed by atoms with van der Waals surface area (Å²) in [6.45, 7) is 0. The van der Waals surface area contributed by atoms with E-state index in [2.05, 4.69) is 5.32 Å². The Morgan fingerprint density at radius 2 is 1.55 bits per heavy atom. The lowest BCUT2D eigenvalue weighted by atomic mass is 10.1. The van der Waals surface area contributed by atoms with Gasteiger partial charge in [-0.05, 0) is 42.5 Å². The Bertz CT molecular complexity index is 1130. The largest absolute Gasteiger partial charge is 0.323 e. The van der Waals surface area contributed by atoms with Crippen LogP contribution in [0.15, 0.2) is 97.2 Å². The number of nitrogens with zero attached hydrogens (tertiary/aromatic N) is 2. The SMILES string of the molecule is O=C(/C=C/c1cn(-c2ccccc2)nc1-c1ccccc1)Nc1ccc(F)cc1. The number of carbonyl (C=O) groups is 1. The summed E-state index contributed by atoms with van der Waals surface area (Å²) in [7, 11) is 0. The van der Waals surface area contributed by atoms with Gasteiger partial charge in [-0.3, -0.25) is 4.79 Å². The van der Waals surface area contributed by atoms with Gasteiger partial charge in [-0.2, -0.15) is 5.10 Å². The molecule has 0 saturated carbocycles. The van der Waals surface area contributed by atoms with Crippen molar-refractivity contribution in [1.29, 1.82) is 0 Å². The average Bonchev–Trinajstić information content (AvgIpc) is 3.20. The Morgan fingerprint density at radius 3 is 2.24 bits per heavy atom. The van der Waals surface area contributed by atoms with Gasteiger partial charge in [0.2, 0.25) is 5.91 Å². The van der Waals surface area contributed by atoms with Crippen molar-refractivity contribution in [2.45, 2.75) is 0 Å². The molecular weight excluding hydrogens is 365 g/mol. The van der Waals surface area contributed by atoms with Crippen molar-refractivity contribution in [2.75, 3.05) is 5.32 Å². The molecule has 1 N–H and O–H groups in total. The van der Waals surface area contributed by atoms with Gasteiger partial charge in [0, 0.05) is 29.1 Å². The Labute approximate surface area is 167 Å². The predicted octanol–water partition coefficient (Wildman–Crippen LogP) is 5.33. The zero-order chi connectivity index (χ0) is 20.1. The van der Waals surface area contributed by atoms with Crippen molar-refractivity contribution in [3.05, 3.63) is 109 Å². The summed E-state index contributed by atoms with van der Waals surface area (Å²) >= 11 is 0. The highest BCUT2D eigenvalue weighted by molar-refractivity contribution is 6.02. The minimum absolute atomic E-state index is 0.303. The Morgan fingerprint density at radius 1 is 0.897 bits per heavy atom. The Kier molecular flexibility index (Phi) is 5.29. The summed E-state index contributed by atoms with van der Waals surface area (Å²) in [4.78, 5) is 12.3. The molecule has 1 heterocycles.